The lowest BCUT2D eigenvalue weighted by Crippen LogP contribution is -2.03. The third kappa shape index (κ3) is 5.60. The van der Waals surface area contributed by atoms with Crippen LogP contribution in [0.15, 0.2) is 66.7 Å². The highest BCUT2D eigenvalue weighted by Crippen LogP contribution is 2.41. The van der Waals surface area contributed by atoms with Crippen molar-refractivity contribution >= 4 is 27.2 Å². The quantitative estimate of drug-likeness (QED) is 0.171. The molecule has 0 aliphatic rings. The van der Waals surface area contributed by atoms with Crippen molar-refractivity contribution in [1.82, 2.24) is 0 Å². The maximum atomic E-state index is 13.6. The van der Waals surface area contributed by atoms with Crippen LogP contribution in [0.2, 0.25) is 0 Å². The molecule has 0 atom stereocenters. The van der Waals surface area contributed by atoms with E-state index in [2.05, 4.69) is 6.92 Å². The minimum Gasteiger partial charge on any atom is -0.508 e. The van der Waals surface area contributed by atoms with Crippen LogP contribution in [0.4, 0.5) is 0 Å². The first-order valence-corrected chi connectivity index (χ1v) is 12.7. The molecule has 2 N–H and O–H groups in total. The Morgan fingerprint density at radius 3 is 2.24 bits per heavy atom. The summed E-state index contributed by atoms with van der Waals surface area (Å²) in [6.45, 7) is 2.90. The molecule has 5 heteroatoms. The Bertz CT molecular complexity index is 1240. The second-order valence-electron chi connectivity index (χ2n) is 8.50. The van der Waals surface area contributed by atoms with Gasteiger partial charge in [-0.1, -0.05) is 39.0 Å². The van der Waals surface area contributed by atoms with E-state index in [1.54, 1.807) is 42.5 Å². The van der Waals surface area contributed by atoms with E-state index >= 15 is 0 Å². The maximum absolute atomic E-state index is 13.6. The Kier molecular flexibility index (Phi) is 7.86. The van der Waals surface area contributed by atoms with Crippen LogP contribution in [-0.4, -0.2) is 22.6 Å². The van der Waals surface area contributed by atoms with Crippen molar-refractivity contribution in [3.8, 4) is 27.7 Å². The SMILES string of the molecule is CCCCCCCCOc1ccc(C(=O)c2c(-c3ccc(O)cc3)sc3cc(O)ccc23)cc1. The van der Waals surface area contributed by atoms with Gasteiger partial charge >= 0.3 is 0 Å². The van der Waals surface area contributed by atoms with Gasteiger partial charge in [-0.05, 0) is 78.7 Å². The van der Waals surface area contributed by atoms with Gasteiger partial charge in [0.25, 0.3) is 0 Å². The van der Waals surface area contributed by atoms with Gasteiger partial charge in [0.2, 0.25) is 0 Å². The van der Waals surface area contributed by atoms with Gasteiger partial charge in [-0.3, -0.25) is 4.79 Å². The van der Waals surface area contributed by atoms with E-state index in [9.17, 15) is 15.0 Å². The number of carbonyl (C=O) groups excluding carboxylic acids is 1. The van der Waals surface area contributed by atoms with E-state index < -0.39 is 0 Å². The largest absolute Gasteiger partial charge is 0.508 e. The molecular formula is C29H30O4S. The van der Waals surface area contributed by atoms with E-state index in [0.29, 0.717) is 17.7 Å². The predicted molar refractivity (Wildman–Crippen MR) is 139 cm³/mol. The Hall–Kier alpha value is -3.31. The standard InChI is InChI=1S/C29H30O4S/c1-2-3-4-5-6-7-18-33-24-15-10-20(11-16-24)28(32)27-25-17-14-23(31)19-26(25)34-29(27)21-8-12-22(30)13-9-21/h8-17,19,30-31H,2-7,18H2,1H3. The summed E-state index contributed by atoms with van der Waals surface area (Å²) in [7, 11) is 0. The minimum atomic E-state index is -0.0810. The van der Waals surface area contributed by atoms with Crippen LogP contribution in [0, 0.1) is 0 Å². The number of ether oxygens (including phenoxy) is 1. The number of hydrogen-bond donors (Lipinski definition) is 2. The minimum absolute atomic E-state index is 0.0810. The van der Waals surface area contributed by atoms with Crippen LogP contribution < -0.4 is 4.74 Å². The van der Waals surface area contributed by atoms with Gasteiger partial charge in [-0.25, -0.2) is 0 Å². The monoisotopic (exact) mass is 474 g/mol. The normalized spacial score (nSPS) is 11.1. The highest BCUT2D eigenvalue weighted by atomic mass is 32.1. The van der Waals surface area contributed by atoms with Crippen molar-refractivity contribution in [3.05, 3.63) is 77.9 Å². The first kappa shape index (κ1) is 23.8. The highest BCUT2D eigenvalue weighted by molar-refractivity contribution is 7.22. The molecule has 0 bridgehead atoms. The summed E-state index contributed by atoms with van der Waals surface area (Å²) in [5.74, 6) is 1.02. The van der Waals surface area contributed by atoms with Gasteiger partial charge in [0, 0.05) is 26.1 Å². The Labute approximate surface area is 204 Å². The summed E-state index contributed by atoms with van der Waals surface area (Å²) in [5.41, 5.74) is 2.03. The van der Waals surface area contributed by atoms with E-state index in [1.807, 2.05) is 24.3 Å². The van der Waals surface area contributed by atoms with Crippen molar-refractivity contribution < 1.29 is 19.7 Å². The smallest absolute Gasteiger partial charge is 0.195 e. The fourth-order valence-corrected chi connectivity index (χ4v) is 5.28. The molecule has 0 fully saturated rings. The van der Waals surface area contributed by atoms with E-state index in [-0.39, 0.29) is 17.3 Å². The van der Waals surface area contributed by atoms with E-state index in [0.717, 1.165) is 32.7 Å². The summed E-state index contributed by atoms with van der Waals surface area (Å²) in [5, 5.41) is 20.4. The van der Waals surface area contributed by atoms with Crippen LogP contribution in [-0.2, 0) is 0 Å². The Morgan fingerprint density at radius 2 is 1.50 bits per heavy atom. The summed E-state index contributed by atoms with van der Waals surface area (Å²) in [6, 6.07) is 19.2. The fourth-order valence-electron chi connectivity index (χ4n) is 4.05. The number of phenols is 2. The van der Waals surface area contributed by atoms with Crippen LogP contribution in [0.5, 0.6) is 17.2 Å². The number of unbranched alkanes of at least 4 members (excludes halogenated alkanes) is 5. The van der Waals surface area contributed by atoms with Gasteiger partial charge in [0.1, 0.15) is 17.2 Å². The number of phenolic OH excluding ortho intramolecular Hbond substituents is 2. The molecule has 0 aliphatic heterocycles. The van der Waals surface area contributed by atoms with Crippen LogP contribution in [0.3, 0.4) is 0 Å². The molecule has 0 aliphatic carbocycles. The molecule has 4 aromatic rings. The number of ketones is 1. The van der Waals surface area contributed by atoms with Crippen molar-refractivity contribution in [2.24, 2.45) is 0 Å². The first-order chi connectivity index (χ1) is 16.6. The van der Waals surface area contributed by atoms with Crippen molar-refractivity contribution in [3.63, 3.8) is 0 Å². The second-order valence-corrected chi connectivity index (χ2v) is 9.56. The van der Waals surface area contributed by atoms with E-state index in [4.69, 9.17) is 4.74 Å². The molecule has 0 radical (unpaired) electrons. The third-order valence-electron chi connectivity index (χ3n) is 5.91. The molecule has 0 saturated carbocycles. The molecule has 0 spiro atoms. The lowest BCUT2D eigenvalue weighted by atomic mass is 9.97. The molecule has 176 valence electrons. The molecule has 3 aromatic carbocycles. The third-order valence-corrected chi connectivity index (χ3v) is 7.11. The van der Waals surface area contributed by atoms with Crippen LogP contribution >= 0.6 is 11.3 Å². The number of fused-ring (bicyclic) bond motifs is 1. The zero-order chi connectivity index (χ0) is 23.9. The van der Waals surface area contributed by atoms with E-state index in [1.165, 1.54) is 43.4 Å². The van der Waals surface area contributed by atoms with Gasteiger partial charge in [-0.15, -0.1) is 11.3 Å². The molecule has 0 unspecified atom stereocenters. The Morgan fingerprint density at radius 1 is 0.824 bits per heavy atom. The average molecular weight is 475 g/mol. The molecule has 4 nitrogen and oxygen atoms in total. The highest BCUT2D eigenvalue weighted by Gasteiger charge is 2.22. The summed E-state index contributed by atoms with van der Waals surface area (Å²) >= 11 is 1.46. The summed E-state index contributed by atoms with van der Waals surface area (Å²) < 4.78 is 6.70. The number of rotatable bonds is 11. The number of hydrogen-bond acceptors (Lipinski definition) is 5. The Balaban J connectivity index is 1.53. The molecule has 1 heterocycles. The van der Waals surface area contributed by atoms with Gasteiger partial charge in [0.05, 0.1) is 6.61 Å². The lowest BCUT2D eigenvalue weighted by molar-refractivity contribution is 0.104. The number of benzene rings is 3. The summed E-state index contributed by atoms with van der Waals surface area (Å²) in [6.07, 6.45) is 7.30. The van der Waals surface area contributed by atoms with Gasteiger partial charge < -0.3 is 14.9 Å². The number of carbonyl (C=O) groups is 1. The lowest BCUT2D eigenvalue weighted by Gasteiger charge is -2.08. The number of aromatic hydroxyl groups is 2. The molecule has 4 rings (SSSR count). The second kappa shape index (κ2) is 11.2. The molecule has 0 amide bonds. The topological polar surface area (TPSA) is 66.8 Å². The van der Waals surface area contributed by atoms with Crippen molar-refractivity contribution in [1.29, 1.82) is 0 Å². The summed E-state index contributed by atoms with van der Waals surface area (Å²) in [4.78, 5) is 14.4. The van der Waals surface area contributed by atoms with Gasteiger partial charge in [0.15, 0.2) is 5.78 Å². The van der Waals surface area contributed by atoms with Crippen LogP contribution in [0.25, 0.3) is 20.5 Å². The fraction of sp³-hybridized carbons (Fsp3) is 0.276. The zero-order valence-electron chi connectivity index (χ0n) is 19.4. The molecule has 1 aromatic heterocycles. The number of thiophene rings is 1. The maximum Gasteiger partial charge on any atom is 0.195 e. The molecular weight excluding hydrogens is 444 g/mol. The molecule has 0 saturated heterocycles. The first-order valence-electron chi connectivity index (χ1n) is 11.9. The van der Waals surface area contributed by atoms with Gasteiger partial charge in [-0.2, -0.15) is 0 Å². The van der Waals surface area contributed by atoms with Crippen molar-refractivity contribution in [2.45, 2.75) is 45.4 Å². The molecule has 34 heavy (non-hydrogen) atoms. The van der Waals surface area contributed by atoms with Crippen LogP contribution in [0.1, 0.15) is 61.4 Å². The average Bonchev–Trinajstić information content (AvgIpc) is 3.22. The zero-order valence-corrected chi connectivity index (χ0v) is 20.2. The predicted octanol–water partition coefficient (Wildman–Crippen LogP) is 7.95. The van der Waals surface area contributed by atoms with Crippen molar-refractivity contribution in [2.75, 3.05) is 6.61 Å².